The first-order chi connectivity index (χ1) is 13.8. The van der Waals surface area contributed by atoms with Crippen LogP contribution in [-0.2, 0) is 16.0 Å². The molecule has 29 heavy (non-hydrogen) atoms. The molecule has 0 fully saturated rings. The Kier molecular flexibility index (Phi) is 6.67. The number of nitrogens with one attached hydrogen (secondary N) is 2. The third-order valence-electron chi connectivity index (χ3n) is 4.43. The molecule has 0 saturated carbocycles. The van der Waals surface area contributed by atoms with Crippen LogP contribution in [0.25, 0.3) is 10.6 Å². The largest absolute Gasteiger partial charge is 0.347 e. The number of thiazole rings is 1. The van der Waals surface area contributed by atoms with E-state index in [1.165, 1.54) is 11.3 Å². The SMILES string of the molecule is Cc1cc(C)c(NC(=O)C(=O)NCCc2csc(-c3ccc(Cl)cc3)n2)c(C)c1. The number of nitrogens with zero attached hydrogens (tertiary/aromatic N) is 1. The molecule has 0 aliphatic rings. The van der Waals surface area contributed by atoms with Crippen LogP contribution < -0.4 is 10.6 Å². The molecule has 150 valence electrons. The van der Waals surface area contributed by atoms with Crippen LogP contribution in [-0.4, -0.2) is 23.3 Å². The summed E-state index contributed by atoms with van der Waals surface area (Å²) < 4.78 is 0. The lowest BCUT2D eigenvalue weighted by Gasteiger charge is -2.12. The molecule has 0 spiro atoms. The van der Waals surface area contributed by atoms with E-state index in [1.54, 1.807) is 0 Å². The number of aryl methyl sites for hydroxylation is 3. The van der Waals surface area contributed by atoms with Gasteiger partial charge in [0.2, 0.25) is 0 Å². The number of carbonyl (C=O) groups is 2. The van der Waals surface area contributed by atoms with Gasteiger partial charge >= 0.3 is 11.8 Å². The second-order valence-electron chi connectivity index (χ2n) is 6.88. The second-order valence-corrected chi connectivity index (χ2v) is 8.18. The maximum Gasteiger partial charge on any atom is 0.313 e. The molecule has 0 radical (unpaired) electrons. The van der Waals surface area contributed by atoms with Crippen molar-refractivity contribution < 1.29 is 9.59 Å². The highest BCUT2D eigenvalue weighted by atomic mass is 35.5. The fourth-order valence-corrected chi connectivity index (χ4v) is 4.07. The summed E-state index contributed by atoms with van der Waals surface area (Å²) in [6, 6.07) is 11.4. The minimum Gasteiger partial charge on any atom is -0.347 e. The quantitative estimate of drug-likeness (QED) is 0.580. The standard InChI is InChI=1S/C22H22ClN3O2S/c1-13-10-14(2)19(15(3)11-13)26-21(28)20(27)24-9-8-18-12-29-22(25-18)16-4-6-17(23)7-5-16/h4-7,10-12H,8-9H2,1-3H3,(H,24,27)(H,26,28). The number of benzene rings is 2. The van der Waals surface area contributed by atoms with Gasteiger partial charge in [-0.15, -0.1) is 11.3 Å². The molecule has 3 aromatic rings. The average molecular weight is 428 g/mol. The third-order valence-corrected chi connectivity index (χ3v) is 5.62. The number of aromatic nitrogens is 1. The smallest absolute Gasteiger partial charge is 0.313 e. The number of rotatable bonds is 5. The molecular formula is C22H22ClN3O2S. The molecule has 0 aliphatic carbocycles. The monoisotopic (exact) mass is 427 g/mol. The summed E-state index contributed by atoms with van der Waals surface area (Å²) >= 11 is 7.45. The highest BCUT2D eigenvalue weighted by Gasteiger charge is 2.16. The summed E-state index contributed by atoms with van der Waals surface area (Å²) in [6.07, 6.45) is 0.547. The van der Waals surface area contributed by atoms with E-state index in [2.05, 4.69) is 15.6 Å². The van der Waals surface area contributed by atoms with Crippen molar-refractivity contribution in [2.75, 3.05) is 11.9 Å². The number of halogens is 1. The van der Waals surface area contributed by atoms with Gasteiger partial charge in [0.25, 0.3) is 0 Å². The Balaban J connectivity index is 1.52. The maximum atomic E-state index is 12.2. The van der Waals surface area contributed by atoms with Gasteiger partial charge in [-0.3, -0.25) is 9.59 Å². The van der Waals surface area contributed by atoms with Crippen LogP contribution >= 0.6 is 22.9 Å². The third kappa shape index (κ3) is 5.43. The van der Waals surface area contributed by atoms with E-state index < -0.39 is 11.8 Å². The fraction of sp³-hybridized carbons (Fsp3) is 0.227. The van der Waals surface area contributed by atoms with Crippen molar-refractivity contribution in [1.29, 1.82) is 0 Å². The fourth-order valence-electron chi connectivity index (χ4n) is 3.08. The number of anilines is 1. The van der Waals surface area contributed by atoms with E-state index in [-0.39, 0.29) is 0 Å². The van der Waals surface area contributed by atoms with E-state index in [0.717, 1.165) is 33.0 Å². The van der Waals surface area contributed by atoms with Gasteiger partial charge < -0.3 is 10.6 Å². The van der Waals surface area contributed by atoms with Gasteiger partial charge in [0.05, 0.1) is 5.69 Å². The molecule has 5 nitrogen and oxygen atoms in total. The lowest BCUT2D eigenvalue weighted by molar-refractivity contribution is -0.136. The minimum absolute atomic E-state index is 0.335. The van der Waals surface area contributed by atoms with Gasteiger partial charge in [0.1, 0.15) is 5.01 Å². The van der Waals surface area contributed by atoms with Crippen molar-refractivity contribution in [3.8, 4) is 10.6 Å². The summed E-state index contributed by atoms with van der Waals surface area (Å²) in [5.41, 5.74) is 5.53. The van der Waals surface area contributed by atoms with Crippen molar-refractivity contribution in [2.24, 2.45) is 0 Å². The Morgan fingerprint density at radius 1 is 1.03 bits per heavy atom. The van der Waals surface area contributed by atoms with E-state index in [1.807, 2.05) is 62.5 Å². The van der Waals surface area contributed by atoms with Crippen LogP contribution in [0.5, 0.6) is 0 Å². The summed E-state index contributed by atoms with van der Waals surface area (Å²) in [7, 11) is 0. The van der Waals surface area contributed by atoms with Crippen LogP contribution in [0.4, 0.5) is 5.69 Å². The molecule has 1 heterocycles. The molecule has 0 unspecified atom stereocenters. The van der Waals surface area contributed by atoms with Crippen LogP contribution in [0.2, 0.25) is 5.02 Å². The number of hydrogen-bond acceptors (Lipinski definition) is 4. The Bertz CT molecular complexity index is 1020. The lowest BCUT2D eigenvalue weighted by atomic mass is 10.1. The number of hydrogen-bond donors (Lipinski definition) is 2. The Morgan fingerprint density at radius 2 is 1.69 bits per heavy atom. The van der Waals surface area contributed by atoms with E-state index in [0.29, 0.717) is 23.7 Å². The predicted molar refractivity (Wildman–Crippen MR) is 119 cm³/mol. The first kappa shape index (κ1) is 21.0. The molecule has 0 saturated heterocycles. The zero-order valence-corrected chi connectivity index (χ0v) is 18.1. The highest BCUT2D eigenvalue weighted by Crippen LogP contribution is 2.25. The average Bonchev–Trinajstić information content (AvgIpc) is 3.13. The highest BCUT2D eigenvalue weighted by molar-refractivity contribution is 7.13. The van der Waals surface area contributed by atoms with Crippen molar-refractivity contribution in [3.63, 3.8) is 0 Å². The lowest BCUT2D eigenvalue weighted by Crippen LogP contribution is -2.36. The Labute approximate surface area is 179 Å². The first-order valence-corrected chi connectivity index (χ1v) is 10.5. The van der Waals surface area contributed by atoms with E-state index >= 15 is 0 Å². The summed E-state index contributed by atoms with van der Waals surface area (Å²) in [5.74, 6) is -1.32. The molecule has 2 aromatic carbocycles. The molecule has 0 aliphatic heterocycles. The van der Waals surface area contributed by atoms with Crippen molar-refractivity contribution in [3.05, 3.63) is 69.2 Å². The summed E-state index contributed by atoms with van der Waals surface area (Å²) in [6.45, 7) is 6.15. The summed E-state index contributed by atoms with van der Waals surface area (Å²) in [4.78, 5) is 28.9. The van der Waals surface area contributed by atoms with Gasteiger partial charge in [0, 0.05) is 34.6 Å². The van der Waals surface area contributed by atoms with E-state index in [9.17, 15) is 9.59 Å². The van der Waals surface area contributed by atoms with Crippen molar-refractivity contribution >= 4 is 40.4 Å². The zero-order chi connectivity index (χ0) is 21.0. The van der Waals surface area contributed by atoms with Crippen molar-refractivity contribution in [2.45, 2.75) is 27.2 Å². The van der Waals surface area contributed by atoms with Crippen LogP contribution in [0, 0.1) is 20.8 Å². The van der Waals surface area contributed by atoms with Crippen molar-refractivity contribution in [1.82, 2.24) is 10.3 Å². The first-order valence-electron chi connectivity index (χ1n) is 9.21. The normalized spacial score (nSPS) is 10.6. The Hall–Kier alpha value is -2.70. The maximum absolute atomic E-state index is 12.2. The molecule has 2 amide bonds. The van der Waals surface area contributed by atoms with Crippen LogP contribution in [0.15, 0.2) is 41.8 Å². The number of amides is 2. The molecular weight excluding hydrogens is 406 g/mol. The molecule has 0 atom stereocenters. The second kappa shape index (κ2) is 9.20. The van der Waals surface area contributed by atoms with Crippen LogP contribution in [0.1, 0.15) is 22.4 Å². The minimum atomic E-state index is -0.666. The molecule has 3 rings (SSSR count). The Morgan fingerprint density at radius 3 is 2.34 bits per heavy atom. The topological polar surface area (TPSA) is 71.1 Å². The van der Waals surface area contributed by atoms with E-state index in [4.69, 9.17) is 11.6 Å². The van der Waals surface area contributed by atoms with Gasteiger partial charge in [-0.1, -0.05) is 41.4 Å². The summed E-state index contributed by atoms with van der Waals surface area (Å²) in [5, 5.41) is 8.89. The van der Waals surface area contributed by atoms with Gasteiger partial charge in [-0.05, 0) is 44.0 Å². The molecule has 1 aromatic heterocycles. The molecule has 7 heteroatoms. The molecule has 0 bridgehead atoms. The van der Waals surface area contributed by atoms with Crippen LogP contribution in [0.3, 0.4) is 0 Å². The molecule has 2 N–H and O–H groups in total. The van der Waals surface area contributed by atoms with Gasteiger partial charge in [-0.2, -0.15) is 0 Å². The predicted octanol–water partition coefficient (Wildman–Crippen LogP) is 4.69. The van der Waals surface area contributed by atoms with Gasteiger partial charge in [0.15, 0.2) is 0 Å². The van der Waals surface area contributed by atoms with Gasteiger partial charge in [-0.25, -0.2) is 4.98 Å². The number of carbonyl (C=O) groups excluding carboxylic acids is 2. The zero-order valence-electron chi connectivity index (χ0n) is 16.5.